The van der Waals surface area contributed by atoms with Crippen molar-refractivity contribution in [1.29, 1.82) is 0 Å². The molecule has 0 fully saturated rings. The predicted octanol–water partition coefficient (Wildman–Crippen LogP) is 3.05. The molecule has 0 aliphatic rings. The van der Waals surface area contributed by atoms with Gasteiger partial charge in [0.15, 0.2) is 0 Å². The van der Waals surface area contributed by atoms with Crippen LogP contribution < -0.4 is 5.32 Å². The Bertz CT molecular complexity index is 713. The molecule has 2 aromatic rings. The molecule has 7 heteroatoms. The minimum absolute atomic E-state index is 0.326. The Kier molecular flexibility index (Phi) is 5.56. The summed E-state index contributed by atoms with van der Waals surface area (Å²) >= 11 is 4.94. The van der Waals surface area contributed by atoms with Crippen molar-refractivity contribution < 1.29 is 8.42 Å². The van der Waals surface area contributed by atoms with Crippen LogP contribution in [0.5, 0.6) is 0 Å². The second kappa shape index (κ2) is 7.02. The zero-order valence-corrected chi connectivity index (χ0v) is 15.1. The van der Waals surface area contributed by atoms with Gasteiger partial charge in [-0.2, -0.15) is 4.31 Å². The first-order valence-corrected chi connectivity index (χ1v) is 9.47. The molecule has 4 nitrogen and oxygen atoms in total. The fraction of sp³-hybridized carbons (Fsp3) is 0.286. The fourth-order valence-electron chi connectivity index (χ4n) is 1.97. The molecule has 1 heterocycles. The molecule has 21 heavy (non-hydrogen) atoms. The zero-order valence-electron chi connectivity index (χ0n) is 11.8. The normalized spacial score (nSPS) is 12.0. The topological polar surface area (TPSA) is 49.4 Å². The van der Waals surface area contributed by atoms with E-state index in [0.29, 0.717) is 18.0 Å². The quantitative estimate of drug-likeness (QED) is 0.826. The molecule has 0 saturated carbocycles. The van der Waals surface area contributed by atoms with Gasteiger partial charge in [-0.3, -0.25) is 0 Å². The molecule has 0 unspecified atom stereocenters. The lowest BCUT2D eigenvalue weighted by Crippen LogP contribution is -2.26. The van der Waals surface area contributed by atoms with Crippen LogP contribution in [0.1, 0.15) is 11.1 Å². The van der Waals surface area contributed by atoms with Crippen LogP contribution in [0.25, 0.3) is 0 Å². The van der Waals surface area contributed by atoms with Crippen LogP contribution in [0.15, 0.2) is 44.4 Å². The van der Waals surface area contributed by atoms with E-state index in [4.69, 9.17) is 0 Å². The highest BCUT2D eigenvalue weighted by Crippen LogP contribution is 2.24. The van der Waals surface area contributed by atoms with Gasteiger partial charge < -0.3 is 5.32 Å². The number of nitrogens with zero attached hydrogens (tertiary/aromatic N) is 1. The lowest BCUT2D eigenvalue weighted by Gasteiger charge is -2.17. The van der Waals surface area contributed by atoms with Crippen LogP contribution >= 0.6 is 27.3 Å². The second-order valence-electron chi connectivity index (χ2n) is 4.70. The third kappa shape index (κ3) is 4.14. The van der Waals surface area contributed by atoms with E-state index in [-0.39, 0.29) is 0 Å². The van der Waals surface area contributed by atoms with Crippen LogP contribution in [0.2, 0.25) is 0 Å². The number of hydrogen-bond donors (Lipinski definition) is 1. The Balaban J connectivity index is 2.22. The summed E-state index contributed by atoms with van der Waals surface area (Å²) in [6.07, 6.45) is 0. The molecular formula is C14H17BrN2O2S2. The van der Waals surface area contributed by atoms with Gasteiger partial charge in [-0.1, -0.05) is 12.1 Å². The molecule has 0 aliphatic carbocycles. The van der Waals surface area contributed by atoms with Gasteiger partial charge in [0.1, 0.15) is 0 Å². The van der Waals surface area contributed by atoms with Crippen molar-refractivity contribution in [3.8, 4) is 0 Å². The van der Waals surface area contributed by atoms with Gasteiger partial charge in [0, 0.05) is 20.1 Å². The SMILES string of the molecule is CNCc1cccc(S(=O)(=O)N(C)Cc2csc(Br)c2)c1. The second-order valence-corrected chi connectivity index (χ2v) is 9.03. The summed E-state index contributed by atoms with van der Waals surface area (Å²) in [4.78, 5) is 0.326. The number of sulfonamides is 1. The van der Waals surface area contributed by atoms with Gasteiger partial charge in [0.2, 0.25) is 10.0 Å². The van der Waals surface area contributed by atoms with Crippen molar-refractivity contribution in [2.75, 3.05) is 14.1 Å². The number of thiophene rings is 1. The molecule has 0 spiro atoms. The van der Waals surface area contributed by atoms with Crippen molar-refractivity contribution in [2.24, 2.45) is 0 Å². The van der Waals surface area contributed by atoms with E-state index in [9.17, 15) is 8.42 Å². The van der Waals surface area contributed by atoms with E-state index in [1.54, 1.807) is 36.6 Å². The third-order valence-electron chi connectivity index (χ3n) is 3.01. The highest BCUT2D eigenvalue weighted by Gasteiger charge is 2.21. The number of rotatable bonds is 6. The van der Waals surface area contributed by atoms with Crippen LogP contribution in [0, 0.1) is 0 Å². The van der Waals surface area contributed by atoms with Crippen molar-refractivity contribution in [3.05, 3.63) is 50.6 Å². The minimum atomic E-state index is -3.47. The summed E-state index contributed by atoms with van der Waals surface area (Å²) in [7, 11) is -0.0360. The Morgan fingerprint density at radius 1 is 1.29 bits per heavy atom. The lowest BCUT2D eigenvalue weighted by atomic mass is 10.2. The monoisotopic (exact) mass is 388 g/mol. The Hall–Kier alpha value is -0.730. The largest absolute Gasteiger partial charge is 0.316 e. The molecular weight excluding hydrogens is 372 g/mol. The number of halogens is 1. The molecule has 0 aliphatic heterocycles. The average molecular weight is 389 g/mol. The van der Waals surface area contributed by atoms with Crippen LogP contribution in [0.4, 0.5) is 0 Å². The first-order chi connectivity index (χ1) is 9.93. The Morgan fingerprint density at radius 2 is 2.05 bits per heavy atom. The fourth-order valence-corrected chi connectivity index (χ4v) is 4.40. The number of benzene rings is 1. The van der Waals surface area contributed by atoms with Gasteiger partial charge >= 0.3 is 0 Å². The Labute approximate surface area is 138 Å². The molecule has 1 aromatic carbocycles. The van der Waals surface area contributed by atoms with E-state index in [1.165, 1.54) is 4.31 Å². The van der Waals surface area contributed by atoms with Crippen molar-refractivity contribution >= 4 is 37.3 Å². The molecule has 0 radical (unpaired) electrons. The van der Waals surface area contributed by atoms with Gasteiger partial charge in [0.05, 0.1) is 8.68 Å². The maximum absolute atomic E-state index is 12.6. The van der Waals surface area contributed by atoms with Gasteiger partial charge in [0.25, 0.3) is 0 Å². The molecule has 0 saturated heterocycles. The van der Waals surface area contributed by atoms with E-state index in [0.717, 1.165) is 14.9 Å². The van der Waals surface area contributed by atoms with Gasteiger partial charge in [-0.05, 0) is 57.7 Å². The summed E-state index contributed by atoms with van der Waals surface area (Å²) < 4.78 is 27.6. The van der Waals surface area contributed by atoms with E-state index >= 15 is 0 Å². The molecule has 1 N–H and O–H groups in total. The number of hydrogen-bond acceptors (Lipinski definition) is 4. The average Bonchev–Trinajstić information content (AvgIpc) is 2.85. The first kappa shape index (κ1) is 16.6. The minimum Gasteiger partial charge on any atom is -0.316 e. The maximum Gasteiger partial charge on any atom is 0.243 e. The lowest BCUT2D eigenvalue weighted by molar-refractivity contribution is 0.467. The van der Waals surface area contributed by atoms with Crippen LogP contribution in [0.3, 0.4) is 0 Å². The van der Waals surface area contributed by atoms with Crippen LogP contribution in [-0.4, -0.2) is 26.8 Å². The van der Waals surface area contributed by atoms with E-state index in [2.05, 4.69) is 21.2 Å². The molecule has 2 rings (SSSR count). The predicted molar refractivity (Wildman–Crippen MR) is 89.9 cm³/mol. The van der Waals surface area contributed by atoms with Crippen molar-refractivity contribution in [1.82, 2.24) is 9.62 Å². The van der Waals surface area contributed by atoms with Crippen LogP contribution in [-0.2, 0) is 23.1 Å². The summed E-state index contributed by atoms with van der Waals surface area (Å²) in [6.45, 7) is 1.01. The summed E-state index contributed by atoms with van der Waals surface area (Å²) in [5.41, 5.74) is 1.93. The third-order valence-corrected chi connectivity index (χ3v) is 6.37. The van der Waals surface area contributed by atoms with Crippen molar-refractivity contribution in [3.63, 3.8) is 0 Å². The number of nitrogens with one attached hydrogen (secondary N) is 1. The molecule has 0 atom stereocenters. The Morgan fingerprint density at radius 3 is 2.67 bits per heavy atom. The maximum atomic E-state index is 12.6. The molecule has 114 valence electrons. The first-order valence-electron chi connectivity index (χ1n) is 6.36. The summed E-state index contributed by atoms with van der Waals surface area (Å²) in [5, 5.41) is 4.97. The molecule has 0 amide bonds. The van der Waals surface area contributed by atoms with E-state index in [1.807, 2.05) is 24.6 Å². The summed E-state index contributed by atoms with van der Waals surface area (Å²) in [6, 6.07) is 8.97. The van der Waals surface area contributed by atoms with Gasteiger partial charge in [-0.25, -0.2) is 8.42 Å². The summed E-state index contributed by atoms with van der Waals surface area (Å²) in [5.74, 6) is 0. The van der Waals surface area contributed by atoms with Crippen molar-refractivity contribution in [2.45, 2.75) is 18.0 Å². The highest BCUT2D eigenvalue weighted by atomic mass is 79.9. The molecule has 1 aromatic heterocycles. The van der Waals surface area contributed by atoms with E-state index < -0.39 is 10.0 Å². The smallest absolute Gasteiger partial charge is 0.243 e. The molecule has 0 bridgehead atoms. The van der Waals surface area contributed by atoms with Gasteiger partial charge in [-0.15, -0.1) is 11.3 Å². The highest BCUT2D eigenvalue weighted by molar-refractivity contribution is 9.11. The zero-order chi connectivity index (χ0) is 15.5. The standard InChI is InChI=1S/C14H17BrN2O2S2/c1-16-8-11-4-3-5-13(6-11)21(18,19)17(2)9-12-7-14(15)20-10-12/h3-7,10,16H,8-9H2,1-2H3.